The van der Waals surface area contributed by atoms with Crippen molar-refractivity contribution in [2.75, 3.05) is 7.11 Å². The lowest BCUT2D eigenvalue weighted by atomic mass is 10.1. The zero-order valence-corrected chi connectivity index (χ0v) is 14.9. The fraction of sp³-hybridized carbons (Fsp3) is 0.0455. The number of methoxy groups -OCH3 is 1. The minimum Gasteiger partial charge on any atom is -0.497 e. The Morgan fingerprint density at radius 1 is 0.885 bits per heavy atom. The van der Waals surface area contributed by atoms with Gasteiger partial charge in [0.2, 0.25) is 0 Å². The molecule has 0 bridgehead atoms. The van der Waals surface area contributed by atoms with Crippen molar-refractivity contribution >= 4 is 22.5 Å². The van der Waals surface area contributed by atoms with Gasteiger partial charge in [-0.15, -0.1) is 0 Å². The SMILES string of the molecule is COc1cccc(-n2c(-c3ccc(Cl)cc3)cc(=O)c3ccccc32)c1. The average molecular weight is 362 g/mol. The normalized spacial score (nSPS) is 10.8. The van der Waals surface area contributed by atoms with Crippen molar-refractivity contribution in [3.63, 3.8) is 0 Å². The van der Waals surface area contributed by atoms with Crippen LogP contribution in [0, 0.1) is 0 Å². The Balaban J connectivity index is 2.10. The molecule has 0 aliphatic heterocycles. The van der Waals surface area contributed by atoms with Gasteiger partial charge in [0.1, 0.15) is 5.75 Å². The van der Waals surface area contributed by atoms with E-state index >= 15 is 0 Å². The van der Waals surface area contributed by atoms with Gasteiger partial charge in [-0.05, 0) is 42.0 Å². The molecule has 0 saturated heterocycles. The minimum atomic E-state index is -0.00954. The van der Waals surface area contributed by atoms with Gasteiger partial charge in [0, 0.05) is 28.2 Å². The number of benzene rings is 3. The maximum Gasteiger partial charge on any atom is 0.190 e. The van der Waals surface area contributed by atoms with E-state index in [1.165, 1.54) is 0 Å². The zero-order chi connectivity index (χ0) is 18.1. The third kappa shape index (κ3) is 2.87. The van der Waals surface area contributed by atoms with Crippen molar-refractivity contribution in [3.8, 4) is 22.7 Å². The first-order valence-electron chi connectivity index (χ1n) is 8.22. The summed E-state index contributed by atoms with van der Waals surface area (Å²) in [6.07, 6.45) is 0. The number of pyridine rings is 1. The van der Waals surface area contributed by atoms with E-state index in [1.807, 2.05) is 72.8 Å². The van der Waals surface area contributed by atoms with Crippen molar-refractivity contribution in [1.82, 2.24) is 4.57 Å². The molecule has 3 aromatic carbocycles. The Labute approximate surface area is 156 Å². The first-order valence-corrected chi connectivity index (χ1v) is 8.60. The van der Waals surface area contributed by atoms with Crippen LogP contribution in [0.1, 0.15) is 0 Å². The number of ether oxygens (including phenoxy) is 1. The van der Waals surface area contributed by atoms with Crippen LogP contribution in [0.15, 0.2) is 83.7 Å². The molecule has 4 heteroatoms. The van der Waals surface area contributed by atoms with Gasteiger partial charge in [-0.25, -0.2) is 0 Å². The van der Waals surface area contributed by atoms with E-state index in [2.05, 4.69) is 4.57 Å². The molecule has 0 fully saturated rings. The van der Waals surface area contributed by atoms with Gasteiger partial charge in [-0.2, -0.15) is 0 Å². The minimum absolute atomic E-state index is 0.00954. The van der Waals surface area contributed by atoms with E-state index < -0.39 is 0 Å². The van der Waals surface area contributed by atoms with Gasteiger partial charge in [-0.3, -0.25) is 4.79 Å². The summed E-state index contributed by atoms with van der Waals surface area (Å²) in [4.78, 5) is 12.7. The summed E-state index contributed by atoms with van der Waals surface area (Å²) in [5.41, 5.74) is 3.48. The van der Waals surface area contributed by atoms with Crippen LogP contribution in [-0.4, -0.2) is 11.7 Å². The molecule has 0 aliphatic rings. The number of rotatable bonds is 3. The highest BCUT2D eigenvalue weighted by molar-refractivity contribution is 6.30. The fourth-order valence-electron chi connectivity index (χ4n) is 3.13. The molecule has 1 heterocycles. The van der Waals surface area contributed by atoms with E-state index in [-0.39, 0.29) is 5.43 Å². The Bertz CT molecular complexity index is 1150. The summed E-state index contributed by atoms with van der Waals surface area (Å²) in [6, 6.07) is 24.6. The molecule has 1 aromatic heterocycles. The van der Waals surface area contributed by atoms with Crippen LogP contribution in [0.2, 0.25) is 5.02 Å². The van der Waals surface area contributed by atoms with Gasteiger partial charge in [0.05, 0.1) is 18.3 Å². The molecule has 0 N–H and O–H groups in total. The van der Waals surface area contributed by atoms with Crippen LogP contribution >= 0.6 is 11.6 Å². The predicted molar refractivity (Wildman–Crippen MR) is 107 cm³/mol. The molecular weight excluding hydrogens is 346 g/mol. The quantitative estimate of drug-likeness (QED) is 0.494. The smallest absolute Gasteiger partial charge is 0.190 e. The first-order chi connectivity index (χ1) is 12.7. The Morgan fingerprint density at radius 2 is 1.65 bits per heavy atom. The molecule has 0 amide bonds. The highest BCUT2D eigenvalue weighted by atomic mass is 35.5. The maximum atomic E-state index is 12.7. The third-order valence-corrected chi connectivity index (χ3v) is 4.62. The summed E-state index contributed by atoms with van der Waals surface area (Å²) in [6.45, 7) is 0. The van der Waals surface area contributed by atoms with E-state index in [4.69, 9.17) is 16.3 Å². The van der Waals surface area contributed by atoms with E-state index in [0.717, 1.165) is 28.2 Å². The molecule has 0 spiro atoms. The Morgan fingerprint density at radius 3 is 2.42 bits per heavy atom. The molecule has 3 nitrogen and oxygen atoms in total. The second kappa shape index (κ2) is 6.70. The van der Waals surface area contributed by atoms with E-state index in [9.17, 15) is 4.79 Å². The van der Waals surface area contributed by atoms with Crippen molar-refractivity contribution < 1.29 is 4.74 Å². The lowest BCUT2D eigenvalue weighted by Crippen LogP contribution is -2.10. The zero-order valence-electron chi connectivity index (χ0n) is 14.1. The molecular formula is C22H16ClNO2. The molecule has 0 unspecified atom stereocenters. The van der Waals surface area contributed by atoms with Crippen molar-refractivity contribution in [2.24, 2.45) is 0 Å². The van der Waals surface area contributed by atoms with Gasteiger partial charge in [0.25, 0.3) is 0 Å². The summed E-state index contributed by atoms with van der Waals surface area (Å²) in [5.74, 6) is 0.757. The number of hydrogen-bond donors (Lipinski definition) is 0. The standard InChI is InChI=1S/C22H16ClNO2/c1-26-18-6-4-5-17(13-18)24-20-8-3-2-7-19(20)22(25)14-21(24)15-9-11-16(23)12-10-15/h2-14H,1H3. The second-order valence-corrected chi connectivity index (χ2v) is 6.39. The van der Waals surface area contributed by atoms with Crippen molar-refractivity contribution in [2.45, 2.75) is 0 Å². The first kappa shape index (κ1) is 16.4. The maximum absolute atomic E-state index is 12.7. The van der Waals surface area contributed by atoms with E-state index in [1.54, 1.807) is 13.2 Å². The number of halogens is 1. The number of fused-ring (bicyclic) bond motifs is 1. The third-order valence-electron chi connectivity index (χ3n) is 4.37. The summed E-state index contributed by atoms with van der Waals surface area (Å²) >= 11 is 6.04. The van der Waals surface area contributed by atoms with Crippen molar-refractivity contribution in [1.29, 1.82) is 0 Å². The monoisotopic (exact) mass is 361 g/mol. The van der Waals surface area contributed by atoms with Crippen LogP contribution in [0.25, 0.3) is 27.8 Å². The number of nitrogens with zero attached hydrogens (tertiary/aromatic N) is 1. The van der Waals surface area contributed by atoms with Gasteiger partial charge >= 0.3 is 0 Å². The second-order valence-electron chi connectivity index (χ2n) is 5.95. The molecule has 0 atom stereocenters. The number of aromatic nitrogens is 1. The van der Waals surface area contributed by atoms with E-state index in [0.29, 0.717) is 10.4 Å². The van der Waals surface area contributed by atoms with Crippen LogP contribution in [0.4, 0.5) is 0 Å². The lowest BCUT2D eigenvalue weighted by molar-refractivity contribution is 0.414. The number of hydrogen-bond acceptors (Lipinski definition) is 2. The number of para-hydroxylation sites is 1. The molecule has 0 aliphatic carbocycles. The molecule has 26 heavy (non-hydrogen) atoms. The van der Waals surface area contributed by atoms with Gasteiger partial charge in [0.15, 0.2) is 5.43 Å². The molecule has 4 aromatic rings. The summed E-state index contributed by atoms with van der Waals surface area (Å²) < 4.78 is 7.45. The highest BCUT2D eigenvalue weighted by Gasteiger charge is 2.13. The topological polar surface area (TPSA) is 31.2 Å². The largest absolute Gasteiger partial charge is 0.497 e. The van der Waals surface area contributed by atoms with Crippen LogP contribution in [0.5, 0.6) is 5.75 Å². The van der Waals surface area contributed by atoms with Crippen molar-refractivity contribution in [3.05, 3.63) is 94.1 Å². The Hall–Kier alpha value is -3.04. The molecule has 0 radical (unpaired) electrons. The lowest BCUT2D eigenvalue weighted by Gasteiger charge is -2.18. The summed E-state index contributed by atoms with van der Waals surface area (Å²) in [7, 11) is 1.64. The fourth-order valence-corrected chi connectivity index (χ4v) is 3.26. The molecule has 128 valence electrons. The molecule has 0 saturated carbocycles. The average Bonchev–Trinajstić information content (AvgIpc) is 2.68. The summed E-state index contributed by atoms with van der Waals surface area (Å²) in [5, 5.41) is 1.33. The van der Waals surface area contributed by atoms with Crippen LogP contribution < -0.4 is 10.2 Å². The van der Waals surface area contributed by atoms with Crippen LogP contribution in [-0.2, 0) is 0 Å². The predicted octanol–water partition coefficient (Wildman–Crippen LogP) is 5.32. The highest BCUT2D eigenvalue weighted by Crippen LogP contribution is 2.29. The van der Waals surface area contributed by atoms with Gasteiger partial charge < -0.3 is 9.30 Å². The van der Waals surface area contributed by atoms with Gasteiger partial charge in [-0.1, -0.05) is 41.9 Å². The molecule has 4 rings (SSSR count). The Kier molecular flexibility index (Phi) is 4.23. The van der Waals surface area contributed by atoms with Crippen LogP contribution in [0.3, 0.4) is 0 Å².